The number of aromatic nitrogens is 2. The smallest absolute Gasteiger partial charge is 0.138 e. The molecule has 1 aromatic carbocycles. The lowest BCUT2D eigenvalue weighted by atomic mass is 9.97. The van der Waals surface area contributed by atoms with E-state index in [9.17, 15) is 5.11 Å². The second-order valence-corrected chi connectivity index (χ2v) is 9.33. The Kier molecular flexibility index (Phi) is 5.48. The van der Waals surface area contributed by atoms with Crippen molar-refractivity contribution < 1.29 is 5.11 Å². The molecular formula is C23H28N4OS. The largest absolute Gasteiger partial charge is 0.393 e. The lowest BCUT2D eigenvalue weighted by Crippen LogP contribution is -2.35. The molecule has 1 fully saturated rings. The summed E-state index contributed by atoms with van der Waals surface area (Å²) in [4.78, 5) is 14.2. The van der Waals surface area contributed by atoms with Gasteiger partial charge in [-0.3, -0.25) is 4.90 Å². The Morgan fingerprint density at radius 1 is 1.07 bits per heavy atom. The van der Waals surface area contributed by atoms with Crippen LogP contribution in [-0.2, 0) is 25.9 Å². The highest BCUT2D eigenvalue weighted by atomic mass is 32.1. The predicted molar refractivity (Wildman–Crippen MR) is 118 cm³/mol. The van der Waals surface area contributed by atoms with Crippen LogP contribution in [0.3, 0.4) is 0 Å². The van der Waals surface area contributed by atoms with Crippen LogP contribution in [0, 0.1) is 0 Å². The van der Waals surface area contributed by atoms with E-state index in [1.165, 1.54) is 46.2 Å². The number of nitrogens with zero attached hydrogens (tertiary/aromatic N) is 3. The Morgan fingerprint density at radius 2 is 1.86 bits per heavy atom. The third kappa shape index (κ3) is 4.02. The molecule has 0 radical (unpaired) electrons. The lowest BCUT2D eigenvalue weighted by molar-refractivity contribution is 0.0791. The summed E-state index contributed by atoms with van der Waals surface area (Å²) >= 11 is 1.84. The Hall–Kier alpha value is -2.02. The van der Waals surface area contributed by atoms with Crippen molar-refractivity contribution in [2.75, 3.05) is 18.4 Å². The van der Waals surface area contributed by atoms with Gasteiger partial charge < -0.3 is 10.4 Å². The van der Waals surface area contributed by atoms with Crippen molar-refractivity contribution in [3.63, 3.8) is 0 Å². The van der Waals surface area contributed by atoms with Crippen LogP contribution in [-0.4, -0.2) is 39.2 Å². The minimum atomic E-state index is -0.125. The Morgan fingerprint density at radius 3 is 2.72 bits per heavy atom. The van der Waals surface area contributed by atoms with Gasteiger partial charge in [-0.2, -0.15) is 0 Å². The van der Waals surface area contributed by atoms with Crippen molar-refractivity contribution in [2.45, 2.75) is 57.7 Å². The van der Waals surface area contributed by atoms with E-state index in [-0.39, 0.29) is 6.10 Å². The number of hydrogen-bond donors (Lipinski definition) is 2. The predicted octanol–water partition coefficient (Wildman–Crippen LogP) is 4.14. The van der Waals surface area contributed by atoms with Gasteiger partial charge in [0.25, 0.3) is 0 Å². The zero-order valence-electron chi connectivity index (χ0n) is 16.7. The molecule has 5 nitrogen and oxygen atoms in total. The molecule has 6 heteroatoms. The summed E-state index contributed by atoms with van der Waals surface area (Å²) in [6, 6.07) is 8.67. The number of thiophene rings is 1. The molecule has 1 aliphatic heterocycles. The number of anilines is 1. The molecule has 152 valence electrons. The van der Waals surface area contributed by atoms with E-state index in [4.69, 9.17) is 0 Å². The van der Waals surface area contributed by atoms with Crippen LogP contribution in [0.2, 0.25) is 0 Å². The first-order chi connectivity index (χ1) is 14.3. The number of fused-ring (bicyclic) bond motifs is 3. The Labute approximate surface area is 175 Å². The van der Waals surface area contributed by atoms with Crippen molar-refractivity contribution in [2.24, 2.45) is 0 Å². The average Bonchev–Trinajstić information content (AvgIpc) is 3.14. The van der Waals surface area contributed by atoms with Gasteiger partial charge in [0, 0.05) is 31.1 Å². The quantitative estimate of drug-likeness (QED) is 0.664. The minimum Gasteiger partial charge on any atom is -0.393 e. The summed E-state index contributed by atoms with van der Waals surface area (Å²) < 4.78 is 0. The van der Waals surface area contributed by atoms with Gasteiger partial charge in [0.2, 0.25) is 0 Å². The van der Waals surface area contributed by atoms with E-state index in [0.717, 1.165) is 56.1 Å². The molecule has 2 N–H and O–H groups in total. The summed E-state index contributed by atoms with van der Waals surface area (Å²) in [5.41, 5.74) is 4.14. The van der Waals surface area contributed by atoms with E-state index in [1.54, 1.807) is 6.33 Å². The number of piperidine rings is 1. The molecule has 3 heterocycles. The standard InChI is InChI=1S/C23H28N4OS/c28-18-9-11-27(12-10-18)14-17-6-2-1-5-16(17)13-24-22-21-19-7-3-4-8-20(19)29-23(21)26-15-25-22/h1-2,5-6,15,18,28H,3-4,7-14H2,(H,24,25,26). The summed E-state index contributed by atoms with van der Waals surface area (Å²) in [5, 5.41) is 14.6. The lowest BCUT2D eigenvalue weighted by Gasteiger charge is -2.30. The molecule has 0 unspecified atom stereocenters. The van der Waals surface area contributed by atoms with E-state index in [0.29, 0.717) is 0 Å². The van der Waals surface area contributed by atoms with Crippen LogP contribution in [0.4, 0.5) is 5.82 Å². The molecule has 1 saturated heterocycles. The van der Waals surface area contributed by atoms with Crippen LogP contribution in [0.1, 0.15) is 47.3 Å². The summed E-state index contributed by atoms with van der Waals surface area (Å²) in [6.07, 6.45) is 8.21. The molecule has 0 bridgehead atoms. The molecule has 0 spiro atoms. The summed E-state index contributed by atoms with van der Waals surface area (Å²) in [7, 11) is 0. The third-order valence-corrected chi connectivity index (χ3v) is 7.47. The fraction of sp³-hybridized carbons (Fsp3) is 0.478. The third-order valence-electron chi connectivity index (χ3n) is 6.27. The molecule has 0 amide bonds. The molecule has 0 saturated carbocycles. The highest BCUT2D eigenvalue weighted by Gasteiger charge is 2.20. The molecular weight excluding hydrogens is 380 g/mol. The maximum Gasteiger partial charge on any atom is 0.138 e. The number of aliphatic hydroxyl groups is 1. The zero-order valence-corrected chi connectivity index (χ0v) is 17.5. The van der Waals surface area contributed by atoms with E-state index in [2.05, 4.69) is 44.5 Å². The molecule has 29 heavy (non-hydrogen) atoms. The molecule has 0 atom stereocenters. The Bertz CT molecular complexity index is 994. The SMILES string of the molecule is OC1CCN(Cc2ccccc2CNc2ncnc3sc4c(c23)CCCC4)CC1. The first-order valence-electron chi connectivity index (χ1n) is 10.7. The van der Waals surface area contributed by atoms with Gasteiger partial charge in [-0.1, -0.05) is 24.3 Å². The number of aliphatic hydroxyl groups excluding tert-OH is 1. The minimum absolute atomic E-state index is 0.125. The zero-order chi connectivity index (χ0) is 19.6. The van der Waals surface area contributed by atoms with Crippen molar-refractivity contribution in [1.82, 2.24) is 14.9 Å². The van der Waals surface area contributed by atoms with Gasteiger partial charge in [0.15, 0.2) is 0 Å². The number of hydrogen-bond acceptors (Lipinski definition) is 6. The summed E-state index contributed by atoms with van der Waals surface area (Å²) in [5.74, 6) is 0.977. The number of benzene rings is 1. The maximum atomic E-state index is 9.76. The van der Waals surface area contributed by atoms with Crippen molar-refractivity contribution in [3.05, 3.63) is 52.2 Å². The number of likely N-dealkylation sites (tertiary alicyclic amines) is 1. The first-order valence-corrected chi connectivity index (χ1v) is 11.6. The van der Waals surface area contributed by atoms with Gasteiger partial charge in [-0.25, -0.2) is 9.97 Å². The highest BCUT2D eigenvalue weighted by molar-refractivity contribution is 7.19. The number of aryl methyl sites for hydroxylation is 2. The van der Waals surface area contributed by atoms with Crippen LogP contribution in [0.5, 0.6) is 0 Å². The topological polar surface area (TPSA) is 61.3 Å². The second-order valence-electron chi connectivity index (χ2n) is 8.24. The van der Waals surface area contributed by atoms with E-state index >= 15 is 0 Å². The van der Waals surface area contributed by atoms with Crippen molar-refractivity contribution in [3.8, 4) is 0 Å². The first kappa shape index (κ1) is 19.0. The van der Waals surface area contributed by atoms with E-state index < -0.39 is 0 Å². The molecule has 5 rings (SSSR count). The molecule has 2 aliphatic rings. The van der Waals surface area contributed by atoms with Gasteiger partial charge in [-0.15, -0.1) is 11.3 Å². The summed E-state index contributed by atoms with van der Waals surface area (Å²) in [6.45, 7) is 3.65. The normalized spacial score (nSPS) is 18.1. The molecule has 2 aromatic heterocycles. The molecule has 3 aromatic rings. The van der Waals surface area contributed by atoms with Crippen LogP contribution >= 0.6 is 11.3 Å². The van der Waals surface area contributed by atoms with Crippen LogP contribution < -0.4 is 5.32 Å². The Balaban J connectivity index is 1.35. The fourth-order valence-electron chi connectivity index (χ4n) is 4.61. The van der Waals surface area contributed by atoms with Gasteiger partial charge in [0.05, 0.1) is 11.5 Å². The monoisotopic (exact) mass is 408 g/mol. The molecule has 1 aliphatic carbocycles. The number of nitrogens with one attached hydrogen (secondary N) is 1. The van der Waals surface area contributed by atoms with E-state index in [1.807, 2.05) is 11.3 Å². The van der Waals surface area contributed by atoms with Gasteiger partial charge in [0.1, 0.15) is 17.0 Å². The van der Waals surface area contributed by atoms with Gasteiger partial charge in [-0.05, 0) is 55.2 Å². The second kappa shape index (κ2) is 8.38. The highest BCUT2D eigenvalue weighted by Crippen LogP contribution is 2.38. The average molecular weight is 409 g/mol. The van der Waals surface area contributed by atoms with Crippen molar-refractivity contribution in [1.29, 1.82) is 0 Å². The fourth-order valence-corrected chi connectivity index (χ4v) is 5.83. The van der Waals surface area contributed by atoms with Crippen LogP contribution in [0.25, 0.3) is 10.2 Å². The maximum absolute atomic E-state index is 9.76. The van der Waals surface area contributed by atoms with Gasteiger partial charge >= 0.3 is 0 Å². The van der Waals surface area contributed by atoms with Crippen molar-refractivity contribution >= 4 is 27.4 Å². The number of rotatable bonds is 5. The van der Waals surface area contributed by atoms with Crippen LogP contribution in [0.15, 0.2) is 30.6 Å².